The van der Waals surface area contributed by atoms with E-state index in [9.17, 15) is 9.90 Å². The number of pyridine rings is 1. The van der Waals surface area contributed by atoms with Gasteiger partial charge in [-0.3, -0.25) is 4.79 Å². The zero-order chi connectivity index (χ0) is 20.3. The second-order valence-electron chi connectivity index (χ2n) is 6.98. The van der Waals surface area contributed by atoms with Gasteiger partial charge in [0.05, 0.1) is 23.9 Å². The molecule has 2 aromatic heterocycles. The Balaban J connectivity index is 1.87. The quantitative estimate of drug-likeness (QED) is 0.540. The van der Waals surface area contributed by atoms with Crippen LogP contribution in [0.4, 0.5) is 0 Å². The maximum atomic E-state index is 13.0. The summed E-state index contributed by atoms with van der Waals surface area (Å²) in [5.41, 5.74) is 6.43. The van der Waals surface area contributed by atoms with E-state index in [1.807, 2.05) is 0 Å². The van der Waals surface area contributed by atoms with Crippen molar-refractivity contribution in [3.05, 3.63) is 34.2 Å². The largest absolute Gasteiger partial charge is 0.472 e. The molecule has 1 aliphatic rings. The summed E-state index contributed by atoms with van der Waals surface area (Å²) in [6.45, 7) is 4.47. The van der Waals surface area contributed by atoms with E-state index in [0.717, 1.165) is 0 Å². The topological polar surface area (TPSA) is 120 Å². The lowest BCUT2D eigenvalue weighted by molar-refractivity contribution is 0.0125. The van der Waals surface area contributed by atoms with Crippen molar-refractivity contribution in [2.24, 2.45) is 5.73 Å². The smallest absolute Gasteiger partial charge is 0.255 e. The molecule has 9 heteroatoms. The monoisotopic (exact) mass is 407 g/mol. The number of carbonyl (C=O) groups excluding carboxylic acids is 1. The number of hydrogen-bond donors (Lipinski definition) is 4. The van der Waals surface area contributed by atoms with Gasteiger partial charge in [-0.05, 0) is 26.7 Å². The first-order valence-electron chi connectivity index (χ1n) is 9.02. The van der Waals surface area contributed by atoms with Crippen molar-refractivity contribution in [2.75, 3.05) is 26.4 Å². The summed E-state index contributed by atoms with van der Waals surface area (Å²) < 4.78 is 16.6. The molecule has 0 unspecified atom stereocenters. The van der Waals surface area contributed by atoms with Gasteiger partial charge in [-0.1, -0.05) is 0 Å². The number of aliphatic hydroxyl groups is 1. The number of furan rings is 1. The fraction of sp³-hybridized carbons (Fsp3) is 0.474. The first kappa shape index (κ1) is 20.5. The van der Waals surface area contributed by atoms with Gasteiger partial charge >= 0.3 is 0 Å². The van der Waals surface area contributed by atoms with Crippen LogP contribution in [0.1, 0.15) is 35.9 Å². The van der Waals surface area contributed by atoms with E-state index < -0.39 is 5.54 Å². The Morgan fingerprint density at radius 3 is 2.82 bits per heavy atom. The Labute approximate surface area is 168 Å². The normalized spacial score (nSPS) is 17.3. The van der Waals surface area contributed by atoms with Crippen LogP contribution in [0.5, 0.6) is 5.88 Å². The average molecular weight is 407 g/mol. The number of amides is 1. The summed E-state index contributed by atoms with van der Waals surface area (Å²) in [6, 6.07) is 1.66. The Morgan fingerprint density at radius 2 is 2.18 bits per heavy atom. The van der Waals surface area contributed by atoms with Crippen molar-refractivity contribution in [1.29, 1.82) is 0 Å². The Morgan fingerprint density at radius 1 is 1.46 bits per heavy atom. The van der Waals surface area contributed by atoms with E-state index in [4.69, 9.17) is 19.6 Å². The second kappa shape index (κ2) is 8.42. The summed E-state index contributed by atoms with van der Waals surface area (Å²) in [6.07, 6.45) is 2.62. The Kier molecular flexibility index (Phi) is 6.17. The molecule has 0 atom stereocenters. The van der Waals surface area contributed by atoms with Gasteiger partial charge in [0.25, 0.3) is 5.91 Å². The van der Waals surface area contributed by atoms with Gasteiger partial charge in [0.2, 0.25) is 5.88 Å². The molecule has 1 amide bonds. The number of rotatable bonds is 6. The number of ether oxygens (including phenoxy) is 2. The van der Waals surface area contributed by atoms with Gasteiger partial charge in [-0.15, -0.1) is 12.6 Å². The standard InChI is InChI=1S/C19H25N3O5S/c1-11(20)15(28)9-26-16-7-13-14(8-21-16)27-12(2)17(13)18(24)22-19(10-23)3-5-25-6-4-19/h7-8,23,28H,3-6,9-10,20H2,1-2H3,(H,22,24)/b15-11-. The third-order valence-electron chi connectivity index (χ3n) is 4.90. The zero-order valence-electron chi connectivity index (χ0n) is 15.9. The third kappa shape index (κ3) is 4.26. The lowest BCUT2D eigenvalue weighted by atomic mass is 9.90. The lowest BCUT2D eigenvalue weighted by Gasteiger charge is -2.36. The minimum atomic E-state index is -0.692. The van der Waals surface area contributed by atoms with E-state index in [1.165, 1.54) is 6.20 Å². The highest BCUT2D eigenvalue weighted by atomic mass is 32.1. The predicted molar refractivity (Wildman–Crippen MR) is 107 cm³/mol. The van der Waals surface area contributed by atoms with Crippen molar-refractivity contribution < 1.29 is 23.8 Å². The van der Waals surface area contributed by atoms with Crippen LogP contribution < -0.4 is 15.8 Å². The highest BCUT2D eigenvalue weighted by molar-refractivity contribution is 7.84. The maximum Gasteiger partial charge on any atom is 0.255 e. The number of nitrogens with two attached hydrogens (primary N) is 1. The molecule has 0 aliphatic carbocycles. The minimum absolute atomic E-state index is 0.150. The SMILES string of the molecule is C/C(N)=C(/S)COc1cc2c(C(=O)NC3(CO)CCOCC3)c(C)oc2cn1. The molecule has 1 aliphatic heterocycles. The number of allylic oxidation sites excluding steroid dienone is 1. The molecular weight excluding hydrogens is 382 g/mol. The molecule has 0 saturated carbocycles. The first-order chi connectivity index (χ1) is 13.3. The Bertz CT molecular complexity index is 898. The van der Waals surface area contributed by atoms with Crippen molar-refractivity contribution in [2.45, 2.75) is 32.2 Å². The number of nitrogens with one attached hydrogen (secondary N) is 1. The van der Waals surface area contributed by atoms with Crippen LogP contribution in [0.3, 0.4) is 0 Å². The van der Waals surface area contributed by atoms with Gasteiger partial charge < -0.3 is 30.0 Å². The molecule has 1 fully saturated rings. The van der Waals surface area contributed by atoms with Gasteiger partial charge in [0, 0.05) is 35.3 Å². The van der Waals surface area contributed by atoms with Gasteiger partial charge in [0.15, 0.2) is 5.58 Å². The van der Waals surface area contributed by atoms with Crippen LogP contribution >= 0.6 is 12.6 Å². The van der Waals surface area contributed by atoms with Crippen LogP contribution in [0.15, 0.2) is 27.3 Å². The summed E-state index contributed by atoms with van der Waals surface area (Å²) in [7, 11) is 0. The first-order valence-corrected chi connectivity index (χ1v) is 9.47. The van der Waals surface area contributed by atoms with Crippen LogP contribution in [0, 0.1) is 6.92 Å². The number of fused-ring (bicyclic) bond motifs is 1. The van der Waals surface area contributed by atoms with E-state index >= 15 is 0 Å². The zero-order valence-corrected chi connectivity index (χ0v) is 16.8. The Hall–Kier alpha value is -2.23. The predicted octanol–water partition coefficient (Wildman–Crippen LogP) is 1.91. The van der Waals surface area contributed by atoms with Crippen molar-refractivity contribution in [3.8, 4) is 5.88 Å². The van der Waals surface area contributed by atoms with Gasteiger partial charge in [-0.25, -0.2) is 4.98 Å². The summed E-state index contributed by atoms with van der Waals surface area (Å²) in [4.78, 5) is 17.8. The number of thiol groups is 1. The number of aromatic nitrogens is 1. The van der Waals surface area contributed by atoms with Crippen molar-refractivity contribution >= 4 is 29.5 Å². The highest BCUT2D eigenvalue weighted by Gasteiger charge is 2.35. The van der Waals surface area contributed by atoms with Crippen molar-refractivity contribution in [3.63, 3.8) is 0 Å². The molecule has 0 spiro atoms. The van der Waals surface area contributed by atoms with E-state index in [1.54, 1.807) is 19.9 Å². The molecule has 3 heterocycles. The molecule has 28 heavy (non-hydrogen) atoms. The number of hydrogen-bond acceptors (Lipinski definition) is 8. The van der Waals surface area contributed by atoms with Crippen LogP contribution in [0.2, 0.25) is 0 Å². The van der Waals surface area contributed by atoms with E-state index in [2.05, 4.69) is 22.9 Å². The molecule has 3 rings (SSSR count). The summed E-state index contributed by atoms with van der Waals surface area (Å²) in [5, 5.41) is 13.4. The molecule has 0 aromatic carbocycles. The van der Waals surface area contributed by atoms with Crippen LogP contribution in [-0.2, 0) is 4.74 Å². The fourth-order valence-corrected chi connectivity index (χ4v) is 3.18. The molecule has 0 radical (unpaired) electrons. The third-order valence-corrected chi connectivity index (χ3v) is 5.38. The number of aliphatic hydroxyl groups excluding tert-OH is 1. The molecule has 4 N–H and O–H groups in total. The van der Waals surface area contributed by atoms with E-state index in [0.29, 0.717) is 64.8 Å². The minimum Gasteiger partial charge on any atom is -0.472 e. The fourth-order valence-electron chi connectivity index (χ4n) is 3.11. The second-order valence-corrected chi connectivity index (χ2v) is 7.52. The molecular formula is C19H25N3O5S. The number of carbonyl (C=O) groups is 1. The summed E-state index contributed by atoms with van der Waals surface area (Å²) >= 11 is 4.26. The average Bonchev–Trinajstić information content (AvgIpc) is 3.01. The van der Waals surface area contributed by atoms with Crippen LogP contribution in [-0.4, -0.2) is 48.0 Å². The molecule has 0 bridgehead atoms. The molecule has 8 nitrogen and oxygen atoms in total. The van der Waals surface area contributed by atoms with E-state index in [-0.39, 0.29) is 19.1 Å². The molecule has 2 aromatic rings. The van der Waals surface area contributed by atoms with Gasteiger partial charge in [-0.2, -0.15) is 0 Å². The van der Waals surface area contributed by atoms with Crippen molar-refractivity contribution in [1.82, 2.24) is 10.3 Å². The summed E-state index contributed by atoms with van der Waals surface area (Å²) in [5.74, 6) is 0.495. The lowest BCUT2D eigenvalue weighted by Crippen LogP contribution is -2.54. The number of nitrogens with zero attached hydrogens (tertiary/aromatic N) is 1. The maximum absolute atomic E-state index is 13.0. The number of aryl methyl sites for hydroxylation is 1. The highest BCUT2D eigenvalue weighted by Crippen LogP contribution is 2.29. The van der Waals surface area contributed by atoms with Crippen LogP contribution in [0.25, 0.3) is 11.0 Å². The molecule has 152 valence electrons. The van der Waals surface area contributed by atoms with Gasteiger partial charge in [0.1, 0.15) is 12.4 Å². The molecule has 1 saturated heterocycles.